The predicted octanol–water partition coefficient (Wildman–Crippen LogP) is 2.16. The zero-order valence-corrected chi connectivity index (χ0v) is 12.4. The molecule has 1 amide bonds. The standard InChI is InChI=1S/C16H24N2O2/c1-12(11-18-7-3-4-8-18)10-17-16(20)14-6-5-13(2)15(19)9-14/h5-6,9,12,19H,3-4,7-8,10-11H2,1-2H3,(H,17,20). The molecule has 0 saturated carbocycles. The highest BCUT2D eigenvalue weighted by Crippen LogP contribution is 2.17. The maximum atomic E-state index is 12.0. The molecule has 0 aliphatic carbocycles. The Labute approximate surface area is 120 Å². The molecular formula is C16H24N2O2. The van der Waals surface area contributed by atoms with E-state index in [4.69, 9.17) is 0 Å². The van der Waals surface area contributed by atoms with Gasteiger partial charge >= 0.3 is 0 Å². The Balaban J connectivity index is 1.80. The molecule has 1 saturated heterocycles. The lowest BCUT2D eigenvalue weighted by Crippen LogP contribution is -2.34. The second kappa shape index (κ2) is 6.75. The van der Waals surface area contributed by atoms with Crippen LogP contribution in [0, 0.1) is 12.8 Å². The molecule has 1 atom stereocenters. The zero-order valence-electron chi connectivity index (χ0n) is 12.4. The molecule has 0 bridgehead atoms. The van der Waals surface area contributed by atoms with Gasteiger partial charge in [-0.05, 0) is 56.5 Å². The second-order valence-corrected chi connectivity index (χ2v) is 5.82. The van der Waals surface area contributed by atoms with Gasteiger partial charge in [0.2, 0.25) is 0 Å². The van der Waals surface area contributed by atoms with Gasteiger partial charge in [0.15, 0.2) is 0 Å². The number of aryl methyl sites for hydroxylation is 1. The van der Waals surface area contributed by atoms with Crippen molar-refractivity contribution in [3.8, 4) is 5.75 Å². The van der Waals surface area contributed by atoms with Crippen LogP contribution < -0.4 is 5.32 Å². The number of nitrogens with zero attached hydrogens (tertiary/aromatic N) is 1. The van der Waals surface area contributed by atoms with Crippen LogP contribution in [0.15, 0.2) is 18.2 Å². The summed E-state index contributed by atoms with van der Waals surface area (Å²) in [4.78, 5) is 14.5. The fraction of sp³-hybridized carbons (Fsp3) is 0.562. The van der Waals surface area contributed by atoms with Crippen LogP contribution in [0.3, 0.4) is 0 Å². The summed E-state index contributed by atoms with van der Waals surface area (Å²) < 4.78 is 0. The third kappa shape index (κ3) is 3.97. The van der Waals surface area contributed by atoms with E-state index in [9.17, 15) is 9.90 Å². The number of hydrogen-bond acceptors (Lipinski definition) is 3. The molecule has 4 nitrogen and oxygen atoms in total. The monoisotopic (exact) mass is 276 g/mol. The molecule has 4 heteroatoms. The smallest absolute Gasteiger partial charge is 0.251 e. The molecule has 110 valence electrons. The zero-order chi connectivity index (χ0) is 14.5. The van der Waals surface area contributed by atoms with Gasteiger partial charge in [-0.15, -0.1) is 0 Å². The molecule has 1 heterocycles. The van der Waals surface area contributed by atoms with E-state index in [0.29, 0.717) is 18.0 Å². The molecule has 2 rings (SSSR count). The highest BCUT2D eigenvalue weighted by Gasteiger charge is 2.15. The molecule has 0 spiro atoms. The van der Waals surface area contributed by atoms with E-state index in [1.165, 1.54) is 32.0 Å². The Morgan fingerprint density at radius 3 is 2.75 bits per heavy atom. The average Bonchev–Trinajstić information content (AvgIpc) is 2.92. The van der Waals surface area contributed by atoms with Crippen molar-refractivity contribution in [1.82, 2.24) is 10.2 Å². The van der Waals surface area contributed by atoms with Crippen LogP contribution in [0.1, 0.15) is 35.7 Å². The van der Waals surface area contributed by atoms with Crippen LogP contribution in [-0.4, -0.2) is 42.1 Å². The first-order chi connectivity index (χ1) is 9.56. The molecule has 1 unspecified atom stereocenters. The molecule has 0 aromatic heterocycles. The molecule has 20 heavy (non-hydrogen) atoms. The Morgan fingerprint density at radius 1 is 1.40 bits per heavy atom. The van der Waals surface area contributed by atoms with Gasteiger partial charge in [-0.25, -0.2) is 0 Å². The number of carbonyl (C=O) groups excluding carboxylic acids is 1. The number of carbonyl (C=O) groups is 1. The number of hydrogen-bond donors (Lipinski definition) is 2. The van der Waals surface area contributed by atoms with E-state index >= 15 is 0 Å². The molecular weight excluding hydrogens is 252 g/mol. The number of rotatable bonds is 5. The van der Waals surface area contributed by atoms with Gasteiger partial charge in [-0.2, -0.15) is 0 Å². The lowest BCUT2D eigenvalue weighted by atomic mass is 10.1. The van der Waals surface area contributed by atoms with Crippen molar-refractivity contribution in [2.24, 2.45) is 5.92 Å². The molecule has 0 radical (unpaired) electrons. The summed E-state index contributed by atoms with van der Waals surface area (Å²) in [6.07, 6.45) is 2.59. The molecule has 2 N–H and O–H groups in total. The predicted molar refractivity (Wildman–Crippen MR) is 80.0 cm³/mol. The Morgan fingerprint density at radius 2 is 2.10 bits per heavy atom. The fourth-order valence-electron chi connectivity index (χ4n) is 2.59. The molecule has 1 aromatic carbocycles. The first-order valence-corrected chi connectivity index (χ1v) is 7.36. The van der Waals surface area contributed by atoms with Crippen molar-refractivity contribution >= 4 is 5.91 Å². The summed E-state index contributed by atoms with van der Waals surface area (Å²) in [7, 11) is 0. The van der Waals surface area contributed by atoms with Crippen LogP contribution in [0.4, 0.5) is 0 Å². The van der Waals surface area contributed by atoms with Crippen LogP contribution in [0.2, 0.25) is 0 Å². The molecule has 1 aliphatic rings. The van der Waals surface area contributed by atoms with E-state index in [1.807, 2.05) is 6.92 Å². The van der Waals surface area contributed by atoms with Gasteiger partial charge in [-0.3, -0.25) is 4.79 Å². The third-order valence-corrected chi connectivity index (χ3v) is 3.85. The minimum Gasteiger partial charge on any atom is -0.508 e. The lowest BCUT2D eigenvalue weighted by molar-refractivity contribution is 0.0944. The first-order valence-electron chi connectivity index (χ1n) is 7.36. The highest BCUT2D eigenvalue weighted by atomic mass is 16.3. The summed E-state index contributed by atoms with van der Waals surface area (Å²) in [6.45, 7) is 8.05. The van der Waals surface area contributed by atoms with Gasteiger partial charge in [0.1, 0.15) is 5.75 Å². The largest absolute Gasteiger partial charge is 0.508 e. The number of benzene rings is 1. The van der Waals surface area contributed by atoms with Crippen molar-refractivity contribution in [2.45, 2.75) is 26.7 Å². The van der Waals surface area contributed by atoms with Gasteiger partial charge in [0.25, 0.3) is 5.91 Å². The molecule has 1 aromatic rings. The van der Waals surface area contributed by atoms with E-state index in [0.717, 1.165) is 12.1 Å². The van der Waals surface area contributed by atoms with Gasteiger partial charge < -0.3 is 15.3 Å². The maximum absolute atomic E-state index is 12.0. The van der Waals surface area contributed by atoms with Crippen molar-refractivity contribution < 1.29 is 9.90 Å². The summed E-state index contributed by atoms with van der Waals surface area (Å²) in [5.41, 5.74) is 1.30. The van der Waals surface area contributed by atoms with Gasteiger partial charge in [0, 0.05) is 18.7 Å². The first kappa shape index (κ1) is 14.9. The number of likely N-dealkylation sites (tertiary alicyclic amines) is 1. The third-order valence-electron chi connectivity index (χ3n) is 3.85. The number of aromatic hydroxyl groups is 1. The Kier molecular flexibility index (Phi) is 5.01. The molecule has 1 aliphatic heterocycles. The van der Waals surface area contributed by atoms with Crippen LogP contribution in [0.5, 0.6) is 5.75 Å². The Bertz CT molecular complexity index is 468. The summed E-state index contributed by atoms with van der Waals surface area (Å²) in [5, 5.41) is 12.6. The number of phenols is 1. The highest BCUT2D eigenvalue weighted by molar-refractivity contribution is 5.94. The Hall–Kier alpha value is -1.55. The van der Waals surface area contributed by atoms with Crippen molar-refractivity contribution in [2.75, 3.05) is 26.2 Å². The summed E-state index contributed by atoms with van der Waals surface area (Å²) in [5.74, 6) is 0.493. The van der Waals surface area contributed by atoms with Gasteiger partial charge in [-0.1, -0.05) is 13.0 Å². The normalized spacial score (nSPS) is 17.1. The van der Waals surface area contributed by atoms with Crippen LogP contribution >= 0.6 is 0 Å². The topological polar surface area (TPSA) is 52.6 Å². The summed E-state index contributed by atoms with van der Waals surface area (Å²) >= 11 is 0. The van der Waals surface area contributed by atoms with Crippen molar-refractivity contribution in [3.63, 3.8) is 0 Å². The van der Waals surface area contributed by atoms with E-state index in [1.54, 1.807) is 12.1 Å². The second-order valence-electron chi connectivity index (χ2n) is 5.82. The summed E-state index contributed by atoms with van der Waals surface area (Å²) in [6, 6.07) is 5.03. The minimum absolute atomic E-state index is 0.117. The van der Waals surface area contributed by atoms with Gasteiger partial charge in [0.05, 0.1) is 0 Å². The number of amides is 1. The minimum atomic E-state index is -0.117. The SMILES string of the molecule is Cc1ccc(C(=O)NCC(C)CN2CCCC2)cc1O. The van der Waals surface area contributed by atoms with E-state index in [2.05, 4.69) is 17.1 Å². The number of nitrogens with one attached hydrogen (secondary N) is 1. The van der Waals surface area contributed by atoms with E-state index in [-0.39, 0.29) is 11.7 Å². The molecule has 1 fully saturated rings. The van der Waals surface area contributed by atoms with Crippen molar-refractivity contribution in [3.05, 3.63) is 29.3 Å². The fourth-order valence-corrected chi connectivity index (χ4v) is 2.59. The van der Waals surface area contributed by atoms with Crippen LogP contribution in [0.25, 0.3) is 0 Å². The maximum Gasteiger partial charge on any atom is 0.251 e. The van der Waals surface area contributed by atoms with Crippen LogP contribution in [-0.2, 0) is 0 Å². The number of phenolic OH excluding ortho intramolecular Hbond substituents is 1. The quantitative estimate of drug-likeness (QED) is 0.866. The van der Waals surface area contributed by atoms with Crippen molar-refractivity contribution in [1.29, 1.82) is 0 Å². The van der Waals surface area contributed by atoms with E-state index < -0.39 is 0 Å². The lowest BCUT2D eigenvalue weighted by Gasteiger charge is -2.20. The average molecular weight is 276 g/mol.